The Labute approximate surface area is 116 Å². The van der Waals surface area contributed by atoms with E-state index in [1.165, 1.54) is 19.3 Å². The summed E-state index contributed by atoms with van der Waals surface area (Å²) in [6.45, 7) is 3.60. The average molecular weight is 271 g/mol. The molecule has 0 heterocycles. The highest BCUT2D eigenvalue weighted by Gasteiger charge is 2.32. The Hall–Kier alpha value is -0.650. The van der Waals surface area contributed by atoms with Crippen molar-refractivity contribution in [3.05, 3.63) is 0 Å². The van der Waals surface area contributed by atoms with Crippen LogP contribution in [0.3, 0.4) is 0 Å². The molecule has 5 nitrogen and oxygen atoms in total. The van der Waals surface area contributed by atoms with Crippen molar-refractivity contribution >= 4 is 5.91 Å². The van der Waals surface area contributed by atoms with Gasteiger partial charge in [0.2, 0.25) is 5.91 Å². The van der Waals surface area contributed by atoms with Crippen LogP contribution in [0.25, 0.3) is 0 Å². The van der Waals surface area contributed by atoms with Crippen molar-refractivity contribution in [3.8, 4) is 0 Å². The molecule has 0 bridgehead atoms. The SMILES string of the molecule is COCCNCCNC(=O)CC1(CN)CCCCC1. The van der Waals surface area contributed by atoms with Crippen LogP contribution in [0.4, 0.5) is 0 Å². The van der Waals surface area contributed by atoms with Crippen molar-refractivity contribution in [2.75, 3.05) is 39.9 Å². The van der Waals surface area contributed by atoms with Crippen LogP contribution in [0.5, 0.6) is 0 Å². The topological polar surface area (TPSA) is 76.4 Å². The average Bonchev–Trinajstić information content (AvgIpc) is 2.43. The highest BCUT2D eigenvalue weighted by Crippen LogP contribution is 2.38. The summed E-state index contributed by atoms with van der Waals surface area (Å²) in [7, 11) is 1.68. The van der Waals surface area contributed by atoms with Gasteiger partial charge in [-0.05, 0) is 24.8 Å². The highest BCUT2D eigenvalue weighted by molar-refractivity contribution is 5.76. The van der Waals surface area contributed by atoms with Gasteiger partial charge in [-0.3, -0.25) is 4.79 Å². The zero-order valence-corrected chi connectivity index (χ0v) is 12.2. The third-order valence-electron chi connectivity index (χ3n) is 3.99. The fourth-order valence-electron chi connectivity index (χ4n) is 2.75. The molecule has 1 amide bonds. The Bertz CT molecular complexity index is 253. The van der Waals surface area contributed by atoms with E-state index in [0.29, 0.717) is 26.1 Å². The van der Waals surface area contributed by atoms with Gasteiger partial charge in [0.1, 0.15) is 0 Å². The van der Waals surface area contributed by atoms with Gasteiger partial charge in [0.05, 0.1) is 6.61 Å². The van der Waals surface area contributed by atoms with E-state index in [1.54, 1.807) is 7.11 Å². The number of hydrogen-bond acceptors (Lipinski definition) is 4. The van der Waals surface area contributed by atoms with E-state index in [4.69, 9.17) is 10.5 Å². The van der Waals surface area contributed by atoms with Crippen molar-refractivity contribution in [2.45, 2.75) is 38.5 Å². The van der Waals surface area contributed by atoms with Gasteiger partial charge in [-0.15, -0.1) is 0 Å². The molecule has 0 radical (unpaired) electrons. The van der Waals surface area contributed by atoms with Gasteiger partial charge in [0.15, 0.2) is 0 Å². The monoisotopic (exact) mass is 271 g/mol. The fourth-order valence-corrected chi connectivity index (χ4v) is 2.75. The molecular weight excluding hydrogens is 242 g/mol. The first-order chi connectivity index (χ1) is 9.22. The minimum absolute atomic E-state index is 0.0613. The molecule has 1 rings (SSSR count). The zero-order valence-electron chi connectivity index (χ0n) is 12.2. The standard InChI is InChI=1S/C14H29N3O2/c1-19-10-9-16-7-8-17-13(18)11-14(12-15)5-3-2-4-6-14/h16H,2-12,15H2,1H3,(H,17,18). The van der Waals surface area contributed by atoms with E-state index in [0.717, 1.165) is 25.9 Å². The van der Waals surface area contributed by atoms with Crippen LogP contribution in [0.2, 0.25) is 0 Å². The van der Waals surface area contributed by atoms with Crippen molar-refractivity contribution in [2.24, 2.45) is 11.1 Å². The van der Waals surface area contributed by atoms with Crippen LogP contribution in [0.15, 0.2) is 0 Å². The van der Waals surface area contributed by atoms with Crippen LogP contribution in [-0.4, -0.2) is 45.8 Å². The van der Waals surface area contributed by atoms with Gasteiger partial charge in [-0.1, -0.05) is 19.3 Å². The molecular formula is C14H29N3O2. The number of carbonyl (C=O) groups is 1. The molecule has 4 N–H and O–H groups in total. The highest BCUT2D eigenvalue weighted by atomic mass is 16.5. The second-order valence-electron chi connectivity index (χ2n) is 5.53. The van der Waals surface area contributed by atoms with Crippen LogP contribution in [-0.2, 0) is 9.53 Å². The minimum Gasteiger partial charge on any atom is -0.383 e. The summed E-state index contributed by atoms with van der Waals surface area (Å²) >= 11 is 0. The van der Waals surface area contributed by atoms with Crippen molar-refractivity contribution in [3.63, 3.8) is 0 Å². The Morgan fingerprint density at radius 1 is 1.21 bits per heavy atom. The first-order valence-corrected chi connectivity index (χ1v) is 7.39. The minimum atomic E-state index is 0.0613. The summed E-state index contributed by atoms with van der Waals surface area (Å²) in [5.41, 5.74) is 5.95. The lowest BCUT2D eigenvalue weighted by molar-refractivity contribution is -0.123. The third kappa shape index (κ3) is 6.36. The van der Waals surface area contributed by atoms with Crippen molar-refractivity contribution in [1.29, 1.82) is 0 Å². The van der Waals surface area contributed by atoms with E-state index in [9.17, 15) is 4.79 Å². The van der Waals surface area contributed by atoms with E-state index in [2.05, 4.69) is 10.6 Å². The second-order valence-corrected chi connectivity index (χ2v) is 5.53. The molecule has 0 saturated heterocycles. The van der Waals surface area contributed by atoms with Gasteiger partial charge in [-0.25, -0.2) is 0 Å². The molecule has 1 aliphatic carbocycles. The van der Waals surface area contributed by atoms with Crippen LogP contribution in [0.1, 0.15) is 38.5 Å². The molecule has 5 heteroatoms. The summed E-state index contributed by atoms with van der Waals surface area (Å²) in [5.74, 6) is 0.140. The van der Waals surface area contributed by atoms with Crippen LogP contribution < -0.4 is 16.4 Å². The van der Waals surface area contributed by atoms with E-state index in [1.807, 2.05) is 0 Å². The lowest BCUT2D eigenvalue weighted by Crippen LogP contribution is -2.40. The molecule has 1 fully saturated rings. The zero-order chi connectivity index (χ0) is 14.0. The Balaban J connectivity index is 2.15. The predicted octanol–water partition coefficient (Wildman–Crippen LogP) is 0.638. The first kappa shape index (κ1) is 16.4. The number of nitrogens with two attached hydrogens (primary N) is 1. The predicted molar refractivity (Wildman–Crippen MR) is 76.9 cm³/mol. The maximum atomic E-state index is 11.9. The molecule has 0 atom stereocenters. The quantitative estimate of drug-likeness (QED) is 0.538. The molecule has 0 aromatic heterocycles. The number of ether oxygens (including phenoxy) is 1. The van der Waals surface area contributed by atoms with Crippen LogP contribution >= 0.6 is 0 Å². The van der Waals surface area contributed by atoms with Gasteiger partial charge in [0.25, 0.3) is 0 Å². The molecule has 0 aromatic carbocycles. The molecule has 0 aliphatic heterocycles. The molecule has 0 unspecified atom stereocenters. The van der Waals surface area contributed by atoms with E-state index < -0.39 is 0 Å². The maximum Gasteiger partial charge on any atom is 0.220 e. The van der Waals surface area contributed by atoms with E-state index >= 15 is 0 Å². The number of methoxy groups -OCH3 is 1. The molecule has 1 aliphatic rings. The number of rotatable bonds is 9. The Kier molecular flexibility index (Phi) is 8.02. The summed E-state index contributed by atoms with van der Waals surface area (Å²) in [5, 5.41) is 6.17. The van der Waals surface area contributed by atoms with Crippen LogP contribution in [0, 0.1) is 5.41 Å². The maximum absolute atomic E-state index is 11.9. The van der Waals surface area contributed by atoms with Gasteiger partial charge >= 0.3 is 0 Å². The molecule has 1 saturated carbocycles. The normalized spacial score (nSPS) is 18.2. The summed E-state index contributed by atoms with van der Waals surface area (Å²) in [6.07, 6.45) is 6.49. The number of carbonyl (C=O) groups excluding carboxylic acids is 1. The lowest BCUT2D eigenvalue weighted by Gasteiger charge is -2.35. The molecule has 0 spiro atoms. The number of nitrogens with one attached hydrogen (secondary N) is 2. The van der Waals surface area contributed by atoms with Gasteiger partial charge < -0.3 is 21.1 Å². The Morgan fingerprint density at radius 3 is 2.58 bits per heavy atom. The Morgan fingerprint density at radius 2 is 1.95 bits per heavy atom. The summed E-state index contributed by atoms with van der Waals surface area (Å²) in [6, 6.07) is 0. The first-order valence-electron chi connectivity index (χ1n) is 7.39. The second kappa shape index (κ2) is 9.28. The third-order valence-corrected chi connectivity index (χ3v) is 3.99. The van der Waals surface area contributed by atoms with E-state index in [-0.39, 0.29) is 11.3 Å². The fraction of sp³-hybridized carbons (Fsp3) is 0.929. The summed E-state index contributed by atoms with van der Waals surface area (Å²) in [4.78, 5) is 11.9. The smallest absolute Gasteiger partial charge is 0.220 e. The number of hydrogen-bond donors (Lipinski definition) is 3. The van der Waals surface area contributed by atoms with Gasteiger partial charge in [0, 0.05) is 33.2 Å². The largest absolute Gasteiger partial charge is 0.383 e. The molecule has 112 valence electrons. The lowest BCUT2D eigenvalue weighted by atomic mass is 9.71. The number of amides is 1. The molecule has 19 heavy (non-hydrogen) atoms. The van der Waals surface area contributed by atoms with Crippen molar-refractivity contribution < 1.29 is 9.53 Å². The van der Waals surface area contributed by atoms with Crippen molar-refractivity contribution in [1.82, 2.24) is 10.6 Å². The summed E-state index contributed by atoms with van der Waals surface area (Å²) < 4.78 is 4.93. The van der Waals surface area contributed by atoms with Gasteiger partial charge in [-0.2, -0.15) is 0 Å². The molecule has 0 aromatic rings.